The Labute approximate surface area is 262 Å². The van der Waals surface area contributed by atoms with Gasteiger partial charge in [-0.2, -0.15) is 0 Å². The third kappa shape index (κ3) is 4.84. The number of esters is 2. The largest absolute Gasteiger partial charge is 0.504 e. The Kier molecular flexibility index (Phi) is 8.33. The normalized spacial score (nSPS) is 12.9. The van der Waals surface area contributed by atoms with Gasteiger partial charge in [0.1, 0.15) is 35.2 Å². The number of phenols is 2. The minimum atomic E-state index is -0.806. The maximum atomic E-state index is 14.0. The molecule has 0 radical (unpaired) electrons. The highest BCUT2D eigenvalue weighted by Gasteiger charge is 2.33. The lowest BCUT2D eigenvalue weighted by Gasteiger charge is -2.25. The highest BCUT2D eigenvalue weighted by atomic mass is 16.5. The van der Waals surface area contributed by atoms with E-state index in [-0.39, 0.29) is 68.5 Å². The van der Waals surface area contributed by atoms with Crippen molar-refractivity contribution in [2.24, 2.45) is 0 Å². The smallest absolute Gasteiger partial charge is 0.302 e. The Bertz CT molecular complexity index is 2000. The molecule has 12 nitrogen and oxygen atoms in total. The second kappa shape index (κ2) is 11.9. The zero-order valence-corrected chi connectivity index (χ0v) is 26.7. The molecule has 0 spiro atoms. The van der Waals surface area contributed by atoms with Gasteiger partial charge >= 0.3 is 11.9 Å². The number of aromatic hydroxyl groups is 2. The Morgan fingerprint density at radius 2 is 0.870 bits per heavy atom. The van der Waals surface area contributed by atoms with Gasteiger partial charge in [0.15, 0.2) is 11.5 Å². The van der Waals surface area contributed by atoms with Gasteiger partial charge in [-0.05, 0) is 24.6 Å². The number of methoxy groups -OCH3 is 4. The number of carbonyl (C=O) groups is 2. The molecule has 0 saturated heterocycles. The van der Waals surface area contributed by atoms with Crippen LogP contribution in [0.3, 0.4) is 0 Å². The van der Waals surface area contributed by atoms with Crippen molar-refractivity contribution in [3.05, 3.63) is 43.7 Å². The van der Waals surface area contributed by atoms with Gasteiger partial charge in [-0.3, -0.25) is 19.2 Å². The first kappa shape index (κ1) is 32.1. The molecule has 0 aliphatic carbocycles. The molecule has 0 amide bonds. The van der Waals surface area contributed by atoms with Gasteiger partial charge in [-0.1, -0.05) is 0 Å². The van der Waals surface area contributed by atoms with E-state index in [9.17, 15) is 29.4 Å². The van der Waals surface area contributed by atoms with E-state index in [2.05, 4.69) is 0 Å². The van der Waals surface area contributed by atoms with Crippen LogP contribution in [-0.2, 0) is 31.9 Å². The van der Waals surface area contributed by atoms with Crippen LogP contribution < -0.4 is 29.8 Å². The number of carbonyl (C=O) groups excluding carboxylic acids is 2. The van der Waals surface area contributed by atoms with E-state index in [0.717, 1.165) is 0 Å². The van der Waals surface area contributed by atoms with Crippen molar-refractivity contribution in [1.82, 2.24) is 0 Å². The van der Waals surface area contributed by atoms with Crippen molar-refractivity contribution in [3.8, 4) is 34.5 Å². The average Bonchev–Trinajstić information content (AvgIpc) is 3.00. The molecule has 0 aliphatic heterocycles. The minimum absolute atomic E-state index is 0.0102. The molecule has 0 bridgehead atoms. The number of hydrogen-bond acceptors (Lipinski definition) is 12. The van der Waals surface area contributed by atoms with Crippen LogP contribution in [0, 0.1) is 0 Å². The topological polar surface area (TPSA) is 164 Å². The third-order valence-electron chi connectivity index (χ3n) is 8.17. The molecular weight excluding hydrogens is 600 g/mol. The first-order valence-corrected chi connectivity index (χ1v) is 14.4. The second-order valence-corrected chi connectivity index (χ2v) is 11.1. The van der Waals surface area contributed by atoms with E-state index < -0.39 is 46.5 Å². The Morgan fingerprint density at radius 3 is 1.15 bits per heavy atom. The number of ether oxygens (including phenoxy) is 6. The second-order valence-electron chi connectivity index (χ2n) is 11.1. The molecule has 0 unspecified atom stereocenters. The van der Waals surface area contributed by atoms with E-state index in [0.29, 0.717) is 21.5 Å². The minimum Gasteiger partial charge on any atom is -0.504 e. The van der Waals surface area contributed by atoms with Crippen LogP contribution in [0.2, 0.25) is 0 Å². The van der Waals surface area contributed by atoms with Crippen molar-refractivity contribution < 1.29 is 48.2 Å². The highest BCUT2D eigenvalue weighted by Crippen LogP contribution is 2.53. The number of phenolic OH excluding ortho intramolecular Hbond substituents is 2. The molecule has 2 atom stereocenters. The fourth-order valence-electron chi connectivity index (χ4n) is 6.58. The lowest BCUT2D eigenvalue weighted by atomic mass is 9.82. The fraction of sp³-hybridized carbons (Fsp3) is 0.353. The quantitative estimate of drug-likeness (QED) is 0.127. The lowest BCUT2D eigenvalue weighted by Crippen LogP contribution is -2.19. The van der Waals surface area contributed by atoms with Crippen LogP contribution in [0.1, 0.15) is 38.8 Å². The lowest BCUT2D eigenvalue weighted by molar-refractivity contribution is -0.146. The van der Waals surface area contributed by atoms with Gasteiger partial charge in [0.2, 0.25) is 10.9 Å². The molecule has 0 saturated carbocycles. The average molecular weight is 635 g/mol. The molecule has 5 aromatic rings. The van der Waals surface area contributed by atoms with Crippen LogP contribution in [0.25, 0.3) is 43.1 Å². The number of benzene rings is 5. The van der Waals surface area contributed by atoms with Crippen molar-refractivity contribution in [1.29, 1.82) is 0 Å². The van der Waals surface area contributed by atoms with Crippen LogP contribution in [0.4, 0.5) is 0 Å². The molecule has 242 valence electrons. The molecule has 5 aromatic carbocycles. The number of rotatable bonds is 10. The summed E-state index contributed by atoms with van der Waals surface area (Å²) in [7, 11) is 5.61. The summed E-state index contributed by atoms with van der Waals surface area (Å²) < 4.78 is 33.7. The van der Waals surface area contributed by atoms with Gasteiger partial charge in [0, 0.05) is 71.5 Å². The van der Waals surface area contributed by atoms with Gasteiger partial charge in [0.05, 0.1) is 39.2 Å². The predicted molar refractivity (Wildman–Crippen MR) is 171 cm³/mol. The monoisotopic (exact) mass is 634 g/mol. The Morgan fingerprint density at radius 1 is 0.565 bits per heavy atom. The summed E-state index contributed by atoms with van der Waals surface area (Å²) in [6.07, 6.45) is -1.86. The van der Waals surface area contributed by atoms with Gasteiger partial charge in [0.25, 0.3) is 0 Å². The third-order valence-corrected chi connectivity index (χ3v) is 8.17. The first-order valence-electron chi connectivity index (χ1n) is 14.4. The van der Waals surface area contributed by atoms with E-state index in [1.807, 2.05) is 0 Å². The molecule has 0 fully saturated rings. The maximum absolute atomic E-state index is 14.0. The Hall–Kier alpha value is -5.26. The maximum Gasteiger partial charge on any atom is 0.302 e. The van der Waals surface area contributed by atoms with Crippen LogP contribution >= 0.6 is 0 Å². The van der Waals surface area contributed by atoms with Crippen LogP contribution in [0.15, 0.2) is 21.7 Å². The summed E-state index contributed by atoms with van der Waals surface area (Å²) in [6, 6.07) is 3.01. The van der Waals surface area contributed by atoms with Gasteiger partial charge < -0.3 is 38.6 Å². The summed E-state index contributed by atoms with van der Waals surface area (Å²) in [5, 5.41) is 25.1. The summed E-state index contributed by atoms with van der Waals surface area (Å²) in [6.45, 7) is 5.70. The fourth-order valence-corrected chi connectivity index (χ4v) is 6.58. The SMILES string of the molecule is COc1cc(OC)c2c3c(OC)cc(OC)c4c(=O)c(O)c(C[C@@H](C)OC(C)=O)c(c5c(C[C@@H](C)OC(C)=O)c(O)c(=O)c1c25)c43. The zero-order valence-electron chi connectivity index (χ0n) is 26.7. The van der Waals surface area contributed by atoms with Crippen molar-refractivity contribution in [2.75, 3.05) is 28.4 Å². The number of fused-ring (bicyclic) bond motifs is 2. The molecule has 46 heavy (non-hydrogen) atoms. The predicted octanol–water partition coefficient (Wildman–Crippen LogP) is 4.33. The van der Waals surface area contributed by atoms with Crippen molar-refractivity contribution in [2.45, 2.75) is 52.7 Å². The summed E-state index contributed by atoms with van der Waals surface area (Å²) in [5.41, 5.74) is -1.32. The van der Waals surface area contributed by atoms with E-state index in [1.165, 1.54) is 54.4 Å². The van der Waals surface area contributed by atoms with Gasteiger partial charge in [-0.25, -0.2) is 0 Å². The Balaban J connectivity index is 2.24. The molecule has 0 aliphatic rings. The first-order chi connectivity index (χ1) is 21.8. The molecule has 2 N–H and O–H groups in total. The van der Waals surface area contributed by atoms with Crippen LogP contribution in [0.5, 0.6) is 34.5 Å². The molecule has 0 aromatic heterocycles. The number of hydrogen-bond donors (Lipinski definition) is 2. The molecule has 5 rings (SSSR count). The molecule has 12 heteroatoms. The van der Waals surface area contributed by atoms with Crippen molar-refractivity contribution in [3.63, 3.8) is 0 Å². The molecular formula is C34H34O12. The van der Waals surface area contributed by atoms with Gasteiger partial charge in [-0.15, -0.1) is 0 Å². The summed E-state index contributed by atoms with van der Waals surface area (Å²) in [5.74, 6) is -1.68. The van der Waals surface area contributed by atoms with E-state index in [4.69, 9.17) is 28.4 Å². The summed E-state index contributed by atoms with van der Waals surface area (Å²) in [4.78, 5) is 51.8. The highest BCUT2D eigenvalue weighted by molar-refractivity contribution is 6.38. The van der Waals surface area contributed by atoms with E-state index in [1.54, 1.807) is 13.8 Å². The standard InChI is InChI=1S/C34H34O12/c1-13(45-15(3)35)9-17-23-24-18(10-14(2)46-16(4)36)32(38)34(40)28-22(44-8)12-20(42-6)26(30(24)28)25-19(41-5)11-21(43-7)27(29(23)25)33(39)31(17)37/h11-14,37-38H,9-10H2,1-8H3/t13-,14-/m1/s1. The van der Waals surface area contributed by atoms with Crippen LogP contribution in [-0.4, -0.2) is 62.8 Å². The van der Waals surface area contributed by atoms with Crippen molar-refractivity contribution >= 4 is 55.0 Å². The summed E-state index contributed by atoms with van der Waals surface area (Å²) >= 11 is 0. The molecule has 0 heterocycles. The van der Waals surface area contributed by atoms with E-state index >= 15 is 0 Å². The zero-order chi connectivity index (χ0) is 33.8.